The normalized spacial score (nSPS) is 14.5. The number of alkyl halides is 3. The highest BCUT2D eigenvalue weighted by Crippen LogP contribution is 2.45. The maximum Gasteiger partial charge on any atom is 0.390 e. The van der Waals surface area contributed by atoms with Crippen molar-refractivity contribution in [1.29, 1.82) is 0 Å². The molecule has 1 aliphatic heterocycles. The molecule has 232 valence electrons. The van der Waals surface area contributed by atoms with Gasteiger partial charge < -0.3 is 23.9 Å². The number of likely N-dealkylation sites (N-methyl/N-ethyl adjacent to an activating group) is 1. The van der Waals surface area contributed by atoms with Gasteiger partial charge in [-0.3, -0.25) is 10.1 Å². The highest BCUT2D eigenvalue weighted by Gasteiger charge is 2.32. The van der Waals surface area contributed by atoms with E-state index in [1.807, 2.05) is 19.2 Å². The van der Waals surface area contributed by atoms with Gasteiger partial charge >= 0.3 is 16.3 Å². The Morgan fingerprint density at radius 3 is 2.42 bits per heavy atom. The number of nitro benzene ring substituents is 1. The second kappa shape index (κ2) is 11.8. The number of hydrogen-bond acceptors (Lipinski definition) is 9. The Kier molecular flexibility index (Phi) is 8.72. The van der Waals surface area contributed by atoms with Crippen molar-refractivity contribution in [2.24, 2.45) is 0 Å². The van der Waals surface area contributed by atoms with E-state index in [4.69, 9.17) is 13.7 Å². The number of fused-ring (bicyclic) bond motifs is 1. The largest absolute Gasteiger partial charge is 0.496 e. The Morgan fingerprint density at radius 2 is 1.77 bits per heavy atom. The molecule has 3 aromatic rings. The fourth-order valence-corrected chi connectivity index (χ4v) is 5.99. The van der Waals surface area contributed by atoms with Crippen LogP contribution in [0.2, 0.25) is 0 Å². The Bertz CT molecular complexity index is 1640. The highest BCUT2D eigenvalue weighted by atomic mass is 32.2. The van der Waals surface area contributed by atoms with Gasteiger partial charge in [-0.2, -0.15) is 21.6 Å². The van der Waals surface area contributed by atoms with Crippen LogP contribution in [0.25, 0.3) is 11.1 Å². The summed E-state index contributed by atoms with van der Waals surface area (Å²) in [4.78, 5) is 12.9. The van der Waals surface area contributed by atoms with Crippen LogP contribution < -0.4 is 23.9 Å². The molecule has 0 aliphatic carbocycles. The lowest BCUT2D eigenvalue weighted by Gasteiger charge is -2.41. The van der Waals surface area contributed by atoms with Crippen LogP contribution in [0.5, 0.6) is 17.2 Å². The predicted molar refractivity (Wildman–Crippen MR) is 157 cm³/mol. The molecule has 14 heteroatoms. The second-order valence-corrected chi connectivity index (χ2v) is 12.6. The Hall–Kier alpha value is -4.20. The molecule has 1 N–H and O–H groups in total. The van der Waals surface area contributed by atoms with E-state index in [-0.39, 0.29) is 29.3 Å². The Morgan fingerprint density at radius 1 is 1.07 bits per heavy atom. The van der Waals surface area contributed by atoms with Crippen LogP contribution in [0.1, 0.15) is 31.4 Å². The van der Waals surface area contributed by atoms with Crippen molar-refractivity contribution < 1.29 is 40.2 Å². The Labute approximate surface area is 247 Å². The average Bonchev–Trinajstić information content (AvgIpc) is 2.90. The first kappa shape index (κ1) is 31.7. The zero-order chi connectivity index (χ0) is 31.7. The maximum absolute atomic E-state index is 12.6. The van der Waals surface area contributed by atoms with Gasteiger partial charge in [0.2, 0.25) is 0 Å². The van der Waals surface area contributed by atoms with E-state index < -0.39 is 33.4 Å². The van der Waals surface area contributed by atoms with Gasteiger partial charge in [0.05, 0.1) is 41.6 Å². The van der Waals surface area contributed by atoms with Crippen LogP contribution in [0.3, 0.4) is 0 Å². The fraction of sp³-hybridized carbons (Fsp3) is 0.379. The summed E-state index contributed by atoms with van der Waals surface area (Å²) in [7, 11) is -1.21. The van der Waals surface area contributed by atoms with E-state index in [0.29, 0.717) is 29.0 Å². The van der Waals surface area contributed by atoms with E-state index in [9.17, 15) is 31.7 Å². The SMILES string of the molecule is COc1cc(OS(=O)(=O)CCC(F)(F)F)ccc1-c1ccc2c(c1COc1cc([N+](=O)[O-])ccc1C)N(C)CC(C)(C)N2. The average molecular weight is 624 g/mol. The van der Waals surface area contributed by atoms with E-state index in [1.165, 1.54) is 31.4 Å². The minimum Gasteiger partial charge on any atom is -0.496 e. The number of hydrogen-bond donors (Lipinski definition) is 1. The summed E-state index contributed by atoms with van der Waals surface area (Å²) >= 11 is 0. The van der Waals surface area contributed by atoms with Crippen molar-refractivity contribution in [2.75, 3.05) is 36.7 Å². The predicted octanol–water partition coefficient (Wildman–Crippen LogP) is 6.46. The highest BCUT2D eigenvalue weighted by molar-refractivity contribution is 7.87. The summed E-state index contributed by atoms with van der Waals surface area (Å²) in [6.45, 7) is 6.56. The van der Waals surface area contributed by atoms with Crippen LogP contribution in [0.4, 0.5) is 30.2 Å². The van der Waals surface area contributed by atoms with Crippen molar-refractivity contribution in [3.63, 3.8) is 0 Å². The molecule has 0 saturated heterocycles. The van der Waals surface area contributed by atoms with Crippen molar-refractivity contribution in [3.05, 3.63) is 69.8 Å². The minimum atomic E-state index is -4.65. The van der Waals surface area contributed by atoms with E-state index >= 15 is 0 Å². The number of halogens is 3. The fourth-order valence-electron chi connectivity index (χ4n) is 5.03. The van der Waals surface area contributed by atoms with Crippen LogP contribution in [0.15, 0.2) is 48.5 Å². The van der Waals surface area contributed by atoms with Crippen LogP contribution in [-0.2, 0) is 16.7 Å². The molecule has 1 heterocycles. The molecule has 0 radical (unpaired) electrons. The molecule has 43 heavy (non-hydrogen) atoms. The number of nitrogens with zero attached hydrogens (tertiary/aromatic N) is 2. The van der Waals surface area contributed by atoms with Gasteiger partial charge in [-0.25, -0.2) is 0 Å². The monoisotopic (exact) mass is 623 g/mol. The zero-order valence-electron chi connectivity index (χ0n) is 24.2. The van der Waals surface area contributed by atoms with Crippen molar-refractivity contribution in [1.82, 2.24) is 0 Å². The first-order valence-electron chi connectivity index (χ1n) is 13.2. The molecule has 0 amide bonds. The van der Waals surface area contributed by atoms with Crippen molar-refractivity contribution in [2.45, 2.75) is 45.5 Å². The third-order valence-electron chi connectivity index (χ3n) is 6.85. The van der Waals surface area contributed by atoms with Crippen molar-refractivity contribution in [3.8, 4) is 28.4 Å². The van der Waals surface area contributed by atoms with Gasteiger partial charge in [0, 0.05) is 42.4 Å². The number of anilines is 2. The Balaban J connectivity index is 1.76. The number of benzene rings is 3. The number of ether oxygens (including phenoxy) is 2. The van der Waals surface area contributed by atoms with E-state index in [2.05, 4.69) is 24.1 Å². The van der Waals surface area contributed by atoms with Crippen LogP contribution in [0, 0.1) is 17.0 Å². The number of nitro groups is 1. The van der Waals surface area contributed by atoms with Gasteiger partial charge in [-0.15, -0.1) is 0 Å². The topological polar surface area (TPSA) is 120 Å². The van der Waals surface area contributed by atoms with E-state index in [0.717, 1.165) is 16.9 Å². The molecule has 0 bridgehead atoms. The quantitative estimate of drug-likeness (QED) is 0.154. The lowest BCUT2D eigenvalue weighted by atomic mass is 9.92. The standard InChI is InChI=1S/C29H32F3N3O7S/c1-18-6-7-19(35(36)37)14-25(18)41-16-23-21(10-11-24-27(23)34(4)17-28(2,3)33-24)22-9-8-20(15-26(22)40-5)42-43(38,39)13-12-29(30,31)32/h6-11,14-15,33H,12-13,16-17H2,1-5H3. The maximum atomic E-state index is 12.6. The molecule has 10 nitrogen and oxygen atoms in total. The number of nitrogens with one attached hydrogen (secondary N) is 1. The number of aryl methyl sites for hydroxylation is 1. The molecule has 1 aliphatic rings. The second-order valence-electron chi connectivity index (χ2n) is 10.9. The molecule has 4 rings (SSSR count). The molecule has 0 aromatic heterocycles. The number of rotatable bonds is 10. The molecule has 3 aromatic carbocycles. The van der Waals surface area contributed by atoms with Gasteiger partial charge in [0.15, 0.2) is 0 Å². The summed E-state index contributed by atoms with van der Waals surface area (Å²) in [6.07, 6.45) is -6.19. The molecular formula is C29H32F3N3O7S. The molecule has 0 spiro atoms. The first-order valence-corrected chi connectivity index (χ1v) is 14.8. The summed E-state index contributed by atoms with van der Waals surface area (Å²) in [5.41, 5.74) is 3.94. The summed E-state index contributed by atoms with van der Waals surface area (Å²) in [6, 6.07) is 12.3. The number of methoxy groups -OCH3 is 1. The van der Waals surface area contributed by atoms with E-state index in [1.54, 1.807) is 19.1 Å². The van der Waals surface area contributed by atoms with Crippen molar-refractivity contribution >= 4 is 27.2 Å². The van der Waals surface area contributed by atoms with Gasteiger partial charge in [0.25, 0.3) is 5.69 Å². The molecule has 0 fully saturated rings. The van der Waals surface area contributed by atoms with Gasteiger partial charge in [-0.1, -0.05) is 6.07 Å². The van der Waals surface area contributed by atoms with Crippen LogP contribution in [-0.4, -0.2) is 51.5 Å². The zero-order valence-corrected chi connectivity index (χ0v) is 25.1. The molecular weight excluding hydrogens is 591 g/mol. The minimum absolute atomic E-state index is 0.0141. The first-order chi connectivity index (χ1) is 20.0. The summed E-state index contributed by atoms with van der Waals surface area (Å²) in [5.74, 6) is -0.877. The van der Waals surface area contributed by atoms with Crippen LogP contribution >= 0.6 is 0 Å². The lowest BCUT2D eigenvalue weighted by Crippen LogP contribution is -2.47. The lowest BCUT2D eigenvalue weighted by molar-refractivity contribution is -0.385. The molecule has 0 atom stereocenters. The third kappa shape index (κ3) is 7.61. The molecule has 0 saturated carbocycles. The smallest absolute Gasteiger partial charge is 0.390 e. The van der Waals surface area contributed by atoms with Gasteiger partial charge in [-0.05, 0) is 56.2 Å². The number of non-ortho nitro benzene ring substituents is 1. The van der Waals surface area contributed by atoms with Gasteiger partial charge in [0.1, 0.15) is 23.9 Å². The summed E-state index contributed by atoms with van der Waals surface area (Å²) < 4.78 is 78.7. The third-order valence-corrected chi connectivity index (χ3v) is 8.00. The molecule has 0 unspecified atom stereocenters. The summed E-state index contributed by atoms with van der Waals surface area (Å²) in [5, 5.41) is 14.9.